The molecular formula is C15H22ClN5. The van der Waals surface area contributed by atoms with E-state index in [1.54, 1.807) is 4.68 Å². The molecule has 3 rings (SSSR count). The van der Waals surface area contributed by atoms with Crippen molar-refractivity contribution in [3.63, 3.8) is 0 Å². The molecule has 0 spiro atoms. The Morgan fingerprint density at radius 3 is 2.38 bits per heavy atom. The fourth-order valence-corrected chi connectivity index (χ4v) is 2.92. The van der Waals surface area contributed by atoms with Gasteiger partial charge >= 0.3 is 0 Å². The summed E-state index contributed by atoms with van der Waals surface area (Å²) in [4.78, 5) is 0. The summed E-state index contributed by atoms with van der Waals surface area (Å²) in [7, 11) is 1.87. The summed E-state index contributed by atoms with van der Waals surface area (Å²) in [5.41, 5.74) is 5.62. The van der Waals surface area contributed by atoms with Crippen molar-refractivity contribution in [2.45, 2.75) is 52.7 Å². The number of hydrogen-bond donors (Lipinski definition) is 1. The average Bonchev–Trinajstić information content (AvgIpc) is 3.17. The molecule has 0 saturated heterocycles. The standard InChI is InChI=1S/C15H22ClN5/c1-9-13(7-17-12-5-6-12)11(3)21(19-9)8-14-10(2)18-20(4)15(14)16/h12,17H,5-8H2,1-4H3. The second-order valence-corrected chi connectivity index (χ2v) is 6.30. The minimum absolute atomic E-state index is 0.675. The van der Waals surface area contributed by atoms with Crippen LogP contribution in [0.15, 0.2) is 0 Å². The van der Waals surface area contributed by atoms with E-state index in [2.05, 4.69) is 29.4 Å². The maximum atomic E-state index is 6.32. The summed E-state index contributed by atoms with van der Waals surface area (Å²) in [6.07, 6.45) is 2.60. The molecule has 2 heterocycles. The molecule has 0 atom stereocenters. The predicted octanol–water partition coefficient (Wildman–Crippen LogP) is 2.50. The Morgan fingerprint density at radius 2 is 1.81 bits per heavy atom. The van der Waals surface area contributed by atoms with E-state index in [0.717, 1.165) is 23.5 Å². The van der Waals surface area contributed by atoms with Crippen molar-refractivity contribution in [1.29, 1.82) is 0 Å². The Kier molecular flexibility index (Phi) is 3.80. The summed E-state index contributed by atoms with van der Waals surface area (Å²) in [5.74, 6) is 0. The molecule has 1 N–H and O–H groups in total. The van der Waals surface area contributed by atoms with Crippen LogP contribution in [0.3, 0.4) is 0 Å². The largest absolute Gasteiger partial charge is 0.310 e. The van der Waals surface area contributed by atoms with Gasteiger partial charge < -0.3 is 5.32 Å². The van der Waals surface area contributed by atoms with Crippen LogP contribution in [0.5, 0.6) is 0 Å². The lowest BCUT2D eigenvalue weighted by atomic mass is 10.2. The highest BCUT2D eigenvalue weighted by molar-refractivity contribution is 6.30. The first-order chi connectivity index (χ1) is 9.97. The van der Waals surface area contributed by atoms with Gasteiger partial charge in [-0.1, -0.05) is 11.6 Å². The van der Waals surface area contributed by atoms with E-state index < -0.39 is 0 Å². The third kappa shape index (κ3) is 2.85. The Balaban J connectivity index is 1.83. The molecule has 1 aliphatic rings. The van der Waals surface area contributed by atoms with E-state index in [-0.39, 0.29) is 0 Å². The van der Waals surface area contributed by atoms with Crippen LogP contribution in [0.1, 0.15) is 41.1 Å². The van der Waals surface area contributed by atoms with Crippen molar-refractivity contribution in [3.05, 3.63) is 33.4 Å². The first-order valence-electron chi connectivity index (χ1n) is 7.41. The number of hydrogen-bond acceptors (Lipinski definition) is 3. The van der Waals surface area contributed by atoms with Crippen LogP contribution in [-0.2, 0) is 20.1 Å². The van der Waals surface area contributed by atoms with Gasteiger partial charge in [0.05, 0.1) is 17.9 Å². The first kappa shape index (κ1) is 14.6. The molecule has 5 nitrogen and oxygen atoms in total. The van der Waals surface area contributed by atoms with Gasteiger partial charge in [0.25, 0.3) is 0 Å². The highest BCUT2D eigenvalue weighted by Gasteiger charge is 2.22. The molecule has 1 fully saturated rings. The van der Waals surface area contributed by atoms with E-state index in [4.69, 9.17) is 11.6 Å². The fourth-order valence-electron chi connectivity index (χ4n) is 2.68. The van der Waals surface area contributed by atoms with E-state index in [9.17, 15) is 0 Å². The zero-order chi connectivity index (χ0) is 15.1. The molecule has 21 heavy (non-hydrogen) atoms. The number of nitrogens with one attached hydrogen (secondary N) is 1. The summed E-state index contributed by atoms with van der Waals surface area (Å²) in [5, 5.41) is 13.3. The summed E-state index contributed by atoms with van der Waals surface area (Å²) < 4.78 is 3.75. The van der Waals surface area contributed by atoms with E-state index >= 15 is 0 Å². The minimum Gasteiger partial charge on any atom is -0.310 e. The normalized spacial score (nSPS) is 14.9. The highest BCUT2D eigenvalue weighted by Crippen LogP contribution is 2.23. The molecule has 0 bridgehead atoms. The lowest BCUT2D eigenvalue weighted by molar-refractivity contribution is 0.650. The average molecular weight is 308 g/mol. The molecule has 114 valence electrons. The maximum Gasteiger partial charge on any atom is 0.132 e. The van der Waals surface area contributed by atoms with Gasteiger partial charge in [-0.05, 0) is 33.6 Å². The monoisotopic (exact) mass is 307 g/mol. The molecular weight excluding hydrogens is 286 g/mol. The van der Waals surface area contributed by atoms with Crippen LogP contribution in [0.2, 0.25) is 5.15 Å². The van der Waals surface area contributed by atoms with Gasteiger partial charge in [-0.15, -0.1) is 0 Å². The Bertz CT molecular complexity index is 666. The van der Waals surface area contributed by atoms with Crippen LogP contribution >= 0.6 is 11.6 Å². The fraction of sp³-hybridized carbons (Fsp3) is 0.600. The van der Waals surface area contributed by atoms with E-state index in [0.29, 0.717) is 17.7 Å². The third-order valence-electron chi connectivity index (χ3n) is 4.25. The van der Waals surface area contributed by atoms with Crippen molar-refractivity contribution < 1.29 is 0 Å². The third-order valence-corrected chi connectivity index (χ3v) is 4.73. The molecule has 0 radical (unpaired) electrons. The minimum atomic E-state index is 0.675. The summed E-state index contributed by atoms with van der Waals surface area (Å²) in [6.45, 7) is 7.77. The van der Waals surface area contributed by atoms with Crippen LogP contribution in [0.4, 0.5) is 0 Å². The van der Waals surface area contributed by atoms with Gasteiger partial charge in [0.15, 0.2) is 0 Å². The Labute approximate surface area is 130 Å². The quantitative estimate of drug-likeness (QED) is 0.923. The first-order valence-corrected chi connectivity index (χ1v) is 7.79. The van der Waals surface area contributed by atoms with Gasteiger partial charge in [-0.2, -0.15) is 10.2 Å². The molecule has 6 heteroatoms. The number of aryl methyl sites for hydroxylation is 3. The molecule has 2 aromatic heterocycles. The second-order valence-electron chi connectivity index (χ2n) is 5.94. The zero-order valence-corrected chi connectivity index (χ0v) is 13.8. The van der Waals surface area contributed by atoms with E-state index in [1.165, 1.54) is 24.1 Å². The zero-order valence-electron chi connectivity index (χ0n) is 13.1. The van der Waals surface area contributed by atoms with Crippen molar-refractivity contribution in [1.82, 2.24) is 24.9 Å². The lowest BCUT2D eigenvalue weighted by Gasteiger charge is -2.06. The van der Waals surface area contributed by atoms with Gasteiger partial charge in [-0.25, -0.2) is 0 Å². The topological polar surface area (TPSA) is 47.7 Å². The van der Waals surface area contributed by atoms with Crippen LogP contribution < -0.4 is 5.32 Å². The molecule has 0 aromatic carbocycles. The second kappa shape index (κ2) is 5.46. The number of halogens is 1. The van der Waals surface area contributed by atoms with Crippen molar-refractivity contribution in [2.75, 3.05) is 0 Å². The van der Waals surface area contributed by atoms with Crippen molar-refractivity contribution in [3.8, 4) is 0 Å². The lowest BCUT2D eigenvalue weighted by Crippen LogP contribution is -2.16. The molecule has 0 aliphatic heterocycles. The number of nitrogens with zero attached hydrogens (tertiary/aromatic N) is 4. The van der Waals surface area contributed by atoms with Crippen molar-refractivity contribution >= 4 is 11.6 Å². The molecule has 0 amide bonds. The van der Waals surface area contributed by atoms with Crippen LogP contribution in [-0.4, -0.2) is 25.6 Å². The SMILES string of the molecule is Cc1nn(C)c(Cl)c1Cn1nc(C)c(CNC2CC2)c1C. The smallest absolute Gasteiger partial charge is 0.132 e. The van der Waals surface area contributed by atoms with E-state index in [1.807, 2.05) is 18.7 Å². The van der Waals surface area contributed by atoms with Gasteiger partial charge in [-0.3, -0.25) is 9.36 Å². The summed E-state index contributed by atoms with van der Waals surface area (Å²) in [6, 6.07) is 0.710. The van der Waals surface area contributed by atoms with Crippen LogP contribution in [0, 0.1) is 20.8 Å². The van der Waals surface area contributed by atoms with Gasteiger partial charge in [0.1, 0.15) is 5.15 Å². The Morgan fingerprint density at radius 1 is 1.14 bits per heavy atom. The summed E-state index contributed by atoms with van der Waals surface area (Å²) >= 11 is 6.32. The van der Waals surface area contributed by atoms with Crippen molar-refractivity contribution in [2.24, 2.45) is 7.05 Å². The maximum absolute atomic E-state index is 6.32. The molecule has 0 unspecified atom stereocenters. The van der Waals surface area contributed by atoms with Gasteiger partial charge in [0, 0.05) is 36.5 Å². The van der Waals surface area contributed by atoms with Gasteiger partial charge in [0.2, 0.25) is 0 Å². The van der Waals surface area contributed by atoms with Crippen LogP contribution in [0.25, 0.3) is 0 Å². The number of aromatic nitrogens is 4. The predicted molar refractivity (Wildman–Crippen MR) is 83.6 cm³/mol. The molecule has 1 aliphatic carbocycles. The highest BCUT2D eigenvalue weighted by atomic mass is 35.5. The molecule has 2 aromatic rings. The Hall–Kier alpha value is -1.33. The number of rotatable bonds is 5. The molecule has 1 saturated carbocycles.